The zero-order valence-corrected chi connectivity index (χ0v) is 15.3. The fourth-order valence-corrected chi connectivity index (χ4v) is 4.58. The van der Waals surface area contributed by atoms with Gasteiger partial charge in [0, 0.05) is 11.8 Å². The van der Waals surface area contributed by atoms with Gasteiger partial charge in [-0.3, -0.25) is 19.7 Å². The van der Waals surface area contributed by atoms with E-state index >= 15 is 0 Å². The Morgan fingerprint density at radius 2 is 1.93 bits per heavy atom. The average molecular weight is 410 g/mol. The van der Waals surface area contributed by atoms with Gasteiger partial charge < -0.3 is 5.32 Å². The highest BCUT2D eigenvalue weighted by Crippen LogP contribution is 2.32. The van der Waals surface area contributed by atoms with Gasteiger partial charge in [-0.2, -0.15) is 0 Å². The molecule has 0 aromatic heterocycles. The van der Waals surface area contributed by atoms with Crippen LogP contribution in [0.3, 0.4) is 0 Å². The topological polar surface area (TPSA) is 127 Å². The van der Waals surface area contributed by atoms with Gasteiger partial charge in [0.05, 0.1) is 10.5 Å². The summed E-state index contributed by atoms with van der Waals surface area (Å²) < 4.78 is 25.7. The molecule has 1 atom stereocenters. The Hall–Kier alpha value is -2.98. The Kier molecular flexibility index (Phi) is 4.62. The number of nitro benzene ring substituents is 1. The van der Waals surface area contributed by atoms with E-state index in [-0.39, 0.29) is 21.2 Å². The number of hydrogen-bond acceptors (Lipinski definition) is 6. The number of benzene rings is 2. The predicted octanol–water partition coefficient (Wildman–Crippen LogP) is 2.42. The lowest BCUT2D eigenvalue weighted by Gasteiger charge is -2.22. The summed E-state index contributed by atoms with van der Waals surface area (Å²) >= 11 is 5.72. The Bertz CT molecular complexity index is 1090. The van der Waals surface area contributed by atoms with E-state index < -0.39 is 38.5 Å². The molecule has 0 unspecified atom stereocenters. The Balaban J connectivity index is 1.88. The Morgan fingerprint density at radius 3 is 2.56 bits per heavy atom. The smallest absolute Gasteiger partial charge is 0.289 e. The molecule has 0 spiro atoms. The fourth-order valence-electron chi connectivity index (χ4n) is 2.67. The zero-order chi connectivity index (χ0) is 19.9. The van der Waals surface area contributed by atoms with Crippen molar-refractivity contribution in [3.8, 4) is 0 Å². The average Bonchev–Trinajstić information content (AvgIpc) is 2.82. The third-order valence-electron chi connectivity index (χ3n) is 4.00. The maximum absolute atomic E-state index is 12.6. The van der Waals surface area contributed by atoms with Crippen LogP contribution in [0.1, 0.15) is 17.3 Å². The van der Waals surface area contributed by atoms with Crippen molar-refractivity contribution in [2.75, 3.05) is 5.32 Å². The molecular weight excluding hydrogens is 398 g/mol. The number of nitro groups is 1. The Labute approximate surface area is 158 Å². The number of fused-ring (bicyclic) bond motifs is 1. The third kappa shape index (κ3) is 3.13. The minimum atomic E-state index is -4.17. The van der Waals surface area contributed by atoms with E-state index in [2.05, 4.69) is 5.32 Å². The number of carbonyl (C=O) groups excluding carboxylic acids is 2. The van der Waals surface area contributed by atoms with Crippen LogP contribution in [0.4, 0.5) is 11.4 Å². The molecule has 9 nitrogen and oxygen atoms in total. The lowest BCUT2D eigenvalue weighted by atomic mass is 10.2. The van der Waals surface area contributed by atoms with E-state index in [4.69, 9.17) is 11.6 Å². The van der Waals surface area contributed by atoms with E-state index in [1.165, 1.54) is 43.3 Å². The highest BCUT2D eigenvalue weighted by atomic mass is 35.5. The first kappa shape index (κ1) is 18.8. The monoisotopic (exact) mass is 409 g/mol. The van der Waals surface area contributed by atoms with Gasteiger partial charge in [0.2, 0.25) is 5.91 Å². The van der Waals surface area contributed by atoms with E-state index in [1.54, 1.807) is 0 Å². The minimum absolute atomic E-state index is 0.0146. The van der Waals surface area contributed by atoms with Gasteiger partial charge in [-0.25, -0.2) is 12.7 Å². The fraction of sp³-hybridized carbons (Fsp3) is 0.125. The molecule has 0 aliphatic carbocycles. The molecule has 2 aromatic carbocycles. The van der Waals surface area contributed by atoms with Crippen LogP contribution < -0.4 is 5.32 Å². The van der Waals surface area contributed by atoms with Gasteiger partial charge in [0.25, 0.3) is 21.6 Å². The van der Waals surface area contributed by atoms with Crippen molar-refractivity contribution in [2.24, 2.45) is 0 Å². The molecular formula is C16H12ClN3O6S. The summed E-state index contributed by atoms with van der Waals surface area (Å²) in [7, 11) is -4.17. The molecule has 1 aliphatic heterocycles. The summed E-state index contributed by atoms with van der Waals surface area (Å²) in [6.45, 7) is 1.25. The first-order valence-corrected chi connectivity index (χ1v) is 9.39. The first-order chi connectivity index (χ1) is 12.6. The van der Waals surface area contributed by atoms with Crippen LogP contribution in [0.2, 0.25) is 5.02 Å². The SMILES string of the molecule is C[C@@H](C(=O)Nc1ccc(Cl)c([N+](=O)[O-])c1)N1C(=O)c2ccccc2S1(=O)=O. The standard InChI is InChI=1S/C16H12ClN3O6S/c1-9(15(21)18-10-6-7-12(17)13(8-10)20(23)24)19-16(22)11-4-2-3-5-14(11)27(19,25)26/h2-9H,1H3,(H,18,21)/t9-/m0/s1. The molecule has 2 aromatic rings. The van der Waals surface area contributed by atoms with Crippen LogP contribution in [0.5, 0.6) is 0 Å². The van der Waals surface area contributed by atoms with Gasteiger partial charge in [-0.15, -0.1) is 0 Å². The second-order valence-corrected chi connectivity index (χ2v) is 7.88. The number of amides is 2. The number of nitrogens with zero attached hydrogens (tertiary/aromatic N) is 2. The molecule has 140 valence electrons. The number of nitrogens with one attached hydrogen (secondary N) is 1. The van der Waals surface area contributed by atoms with Crippen LogP contribution in [0, 0.1) is 10.1 Å². The lowest BCUT2D eigenvalue weighted by molar-refractivity contribution is -0.384. The van der Waals surface area contributed by atoms with E-state index in [0.29, 0.717) is 4.31 Å². The molecule has 0 bridgehead atoms. The van der Waals surface area contributed by atoms with Gasteiger partial charge in [0.15, 0.2) is 0 Å². The predicted molar refractivity (Wildman–Crippen MR) is 96.0 cm³/mol. The largest absolute Gasteiger partial charge is 0.324 e. The van der Waals surface area contributed by atoms with Gasteiger partial charge in [-0.05, 0) is 31.2 Å². The van der Waals surface area contributed by atoms with Crippen LogP contribution in [0.15, 0.2) is 47.4 Å². The van der Waals surface area contributed by atoms with Crippen molar-refractivity contribution >= 4 is 44.8 Å². The molecule has 27 heavy (non-hydrogen) atoms. The van der Waals surface area contributed by atoms with Crippen LogP contribution >= 0.6 is 11.6 Å². The molecule has 3 rings (SSSR count). The summed E-state index contributed by atoms with van der Waals surface area (Å²) in [5, 5.41) is 13.2. The number of rotatable bonds is 4. The van der Waals surface area contributed by atoms with Gasteiger partial charge >= 0.3 is 0 Å². The molecule has 0 saturated heterocycles. The maximum atomic E-state index is 12.6. The highest BCUT2D eigenvalue weighted by molar-refractivity contribution is 7.90. The van der Waals surface area contributed by atoms with E-state index in [1.807, 2.05) is 0 Å². The molecule has 0 fully saturated rings. The maximum Gasteiger partial charge on any atom is 0.289 e. The molecule has 0 saturated carbocycles. The first-order valence-electron chi connectivity index (χ1n) is 7.57. The summed E-state index contributed by atoms with van der Waals surface area (Å²) in [5.41, 5.74) is -0.386. The van der Waals surface area contributed by atoms with Crippen LogP contribution in [0.25, 0.3) is 0 Å². The molecule has 11 heteroatoms. The van der Waals surface area contributed by atoms with E-state index in [9.17, 15) is 28.1 Å². The number of halogens is 1. The van der Waals surface area contributed by atoms with Crippen molar-refractivity contribution in [1.29, 1.82) is 0 Å². The van der Waals surface area contributed by atoms with Crippen molar-refractivity contribution in [3.63, 3.8) is 0 Å². The van der Waals surface area contributed by atoms with Crippen molar-refractivity contribution in [1.82, 2.24) is 4.31 Å². The second kappa shape index (κ2) is 6.63. The molecule has 0 radical (unpaired) electrons. The molecule has 1 N–H and O–H groups in total. The number of hydrogen-bond donors (Lipinski definition) is 1. The molecule has 1 heterocycles. The minimum Gasteiger partial charge on any atom is -0.324 e. The summed E-state index contributed by atoms with van der Waals surface area (Å²) in [5.74, 6) is -1.63. The molecule has 2 amide bonds. The third-order valence-corrected chi connectivity index (χ3v) is 6.23. The normalized spacial score (nSPS) is 15.9. The molecule has 1 aliphatic rings. The van der Waals surface area contributed by atoms with E-state index in [0.717, 1.165) is 6.07 Å². The number of sulfonamides is 1. The Morgan fingerprint density at radius 1 is 1.26 bits per heavy atom. The summed E-state index contributed by atoms with van der Waals surface area (Å²) in [6.07, 6.45) is 0. The van der Waals surface area contributed by atoms with Crippen molar-refractivity contribution in [3.05, 3.63) is 63.2 Å². The van der Waals surface area contributed by atoms with Crippen LogP contribution in [-0.2, 0) is 14.8 Å². The van der Waals surface area contributed by atoms with Gasteiger partial charge in [0.1, 0.15) is 16.0 Å². The summed E-state index contributed by atoms with van der Waals surface area (Å²) in [6, 6.07) is 7.88. The number of anilines is 1. The van der Waals surface area contributed by atoms with Gasteiger partial charge in [-0.1, -0.05) is 23.7 Å². The zero-order valence-electron chi connectivity index (χ0n) is 13.7. The quantitative estimate of drug-likeness (QED) is 0.610. The van der Waals surface area contributed by atoms with Crippen LogP contribution in [-0.4, -0.2) is 35.5 Å². The lowest BCUT2D eigenvalue weighted by Crippen LogP contribution is -2.45. The van der Waals surface area contributed by atoms with Crippen molar-refractivity contribution in [2.45, 2.75) is 17.9 Å². The summed E-state index contributed by atoms with van der Waals surface area (Å²) in [4.78, 5) is 35.0. The van der Waals surface area contributed by atoms with Crippen molar-refractivity contribution < 1.29 is 22.9 Å². The second-order valence-electron chi connectivity index (χ2n) is 5.69. The number of carbonyl (C=O) groups is 2. The highest BCUT2D eigenvalue weighted by Gasteiger charge is 2.45.